The Morgan fingerprint density at radius 2 is 1.93 bits per heavy atom. The number of hydrogen-bond acceptors (Lipinski definition) is 3. The highest BCUT2D eigenvalue weighted by Gasteiger charge is 2.46. The standard InChI is InChI=1S/C22H28ClNO4S/c23-19-10-6-16(7-11-19)12-13-29(27,28)24-15-21-18-9-8-17(14-18)20(21)4-2-1-3-5-22(25)26/h2,4,6-7,10-13,17-18,20-21,24H,1,3,5,8-9,14-15H2,(H,25,26)/b4-2+,13-12+. The van der Waals surface area contributed by atoms with Crippen LogP contribution in [0.25, 0.3) is 6.08 Å². The number of unbranched alkanes of at least 4 members (excludes halogenated alkanes) is 1. The van der Waals surface area contributed by atoms with E-state index in [0.717, 1.165) is 18.4 Å². The molecule has 4 unspecified atom stereocenters. The molecule has 1 aromatic rings. The molecule has 5 nitrogen and oxygen atoms in total. The third-order valence-corrected chi connectivity index (χ3v) is 7.42. The Balaban J connectivity index is 1.55. The molecule has 0 aromatic heterocycles. The number of nitrogens with one attached hydrogen (secondary N) is 1. The van der Waals surface area contributed by atoms with Gasteiger partial charge in [0.05, 0.1) is 0 Å². The summed E-state index contributed by atoms with van der Waals surface area (Å²) >= 11 is 5.85. The second-order valence-corrected chi connectivity index (χ2v) is 10.1. The van der Waals surface area contributed by atoms with E-state index in [0.29, 0.717) is 41.7 Å². The van der Waals surface area contributed by atoms with Crippen LogP contribution in [0.4, 0.5) is 0 Å². The van der Waals surface area contributed by atoms with Gasteiger partial charge in [-0.15, -0.1) is 0 Å². The van der Waals surface area contributed by atoms with Crippen molar-refractivity contribution in [2.75, 3.05) is 6.54 Å². The first-order chi connectivity index (χ1) is 13.8. The smallest absolute Gasteiger partial charge is 0.303 e. The monoisotopic (exact) mass is 437 g/mol. The van der Waals surface area contributed by atoms with Crippen molar-refractivity contribution in [1.82, 2.24) is 4.72 Å². The number of carboxylic acid groups (broad SMARTS) is 1. The Morgan fingerprint density at radius 3 is 2.66 bits per heavy atom. The zero-order valence-corrected chi connectivity index (χ0v) is 17.9. The quantitative estimate of drug-likeness (QED) is 0.410. The van der Waals surface area contributed by atoms with Crippen LogP contribution in [-0.2, 0) is 14.8 Å². The average Bonchev–Trinajstić information content (AvgIpc) is 3.27. The minimum atomic E-state index is -3.51. The van der Waals surface area contributed by atoms with Crippen molar-refractivity contribution in [2.45, 2.75) is 38.5 Å². The van der Waals surface area contributed by atoms with Gasteiger partial charge in [0.1, 0.15) is 0 Å². The molecule has 158 valence electrons. The molecule has 0 saturated heterocycles. The van der Waals surface area contributed by atoms with Gasteiger partial charge < -0.3 is 5.11 Å². The van der Waals surface area contributed by atoms with Crippen LogP contribution in [0, 0.1) is 23.7 Å². The normalized spacial score (nSPS) is 26.7. The SMILES string of the molecule is O=C(O)CCC/C=C/C1C2CCC(C2)C1CNS(=O)(=O)/C=C/c1ccc(Cl)cc1. The molecule has 2 bridgehead atoms. The Labute approximate surface area is 177 Å². The number of carbonyl (C=O) groups is 1. The van der Waals surface area contributed by atoms with E-state index >= 15 is 0 Å². The summed E-state index contributed by atoms with van der Waals surface area (Å²) in [6.07, 6.45) is 11.0. The third-order valence-electron chi connectivity index (χ3n) is 6.11. The summed E-state index contributed by atoms with van der Waals surface area (Å²) in [5, 5.41) is 10.5. The number of rotatable bonds is 10. The lowest BCUT2D eigenvalue weighted by Crippen LogP contribution is -2.34. The van der Waals surface area contributed by atoms with Crippen LogP contribution < -0.4 is 4.72 Å². The third kappa shape index (κ3) is 6.43. The molecule has 1 aromatic carbocycles. The molecule has 2 aliphatic rings. The van der Waals surface area contributed by atoms with Crippen molar-refractivity contribution < 1.29 is 18.3 Å². The Kier molecular flexibility index (Phi) is 7.55. The summed E-state index contributed by atoms with van der Waals surface area (Å²) in [6, 6.07) is 7.00. The molecular weight excluding hydrogens is 410 g/mol. The van der Waals surface area contributed by atoms with Crippen molar-refractivity contribution >= 4 is 33.7 Å². The first kappa shape index (κ1) is 22.1. The number of allylic oxidation sites excluding steroid dienone is 2. The molecule has 29 heavy (non-hydrogen) atoms. The van der Waals surface area contributed by atoms with Crippen molar-refractivity contribution in [3.63, 3.8) is 0 Å². The largest absolute Gasteiger partial charge is 0.481 e. The maximum atomic E-state index is 12.4. The topological polar surface area (TPSA) is 83.5 Å². The number of fused-ring (bicyclic) bond motifs is 2. The summed E-state index contributed by atoms with van der Waals surface area (Å²) in [7, 11) is -3.51. The zero-order valence-electron chi connectivity index (χ0n) is 16.3. The molecule has 0 amide bonds. The fraction of sp³-hybridized carbons (Fsp3) is 0.500. The van der Waals surface area contributed by atoms with Gasteiger partial charge in [0.15, 0.2) is 0 Å². The molecular formula is C22H28ClNO4S. The Bertz CT molecular complexity index is 863. The first-order valence-corrected chi connectivity index (χ1v) is 12.1. The molecule has 0 radical (unpaired) electrons. The van der Waals surface area contributed by atoms with Crippen LogP contribution in [0.2, 0.25) is 5.02 Å². The Hall–Kier alpha value is -1.63. The van der Waals surface area contributed by atoms with E-state index in [4.69, 9.17) is 16.7 Å². The number of hydrogen-bond donors (Lipinski definition) is 2. The fourth-order valence-electron chi connectivity index (χ4n) is 4.68. The van der Waals surface area contributed by atoms with Crippen LogP contribution in [0.1, 0.15) is 44.1 Å². The van der Waals surface area contributed by atoms with Crippen LogP contribution in [0.3, 0.4) is 0 Å². The lowest BCUT2D eigenvalue weighted by Gasteiger charge is -2.29. The van der Waals surface area contributed by atoms with Gasteiger partial charge in [0.2, 0.25) is 10.0 Å². The van der Waals surface area contributed by atoms with Gasteiger partial charge in [-0.25, -0.2) is 13.1 Å². The zero-order chi connectivity index (χ0) is 20.9. The maximum Gasteiger partial charge on any atom is 0.303 e. The number of halogens is 1. The van der Waals surface area contributed by atoms with Crippen molar-refractivity contribution in [3.05, 3.63) is 52.4 Å². The molecule has 0 spiro atoms. The second kappa shape index (κ2) is 9.92. The summed E-state index contributed by atoms with van der Waals surface area (Å²) in [5.41, 5.74) is 0.780. The van der Waals surface area contributed by atoms with Crippen LogP contribution >= 0.6 is 11.6 Å². The van der Waals surface area contributed by atoms with Gasteiger partial charge in [-0.2, -0.15) is 0 Å². The molecule has 2 fully saturated rings. The summed E-state index contributed by atoms with van der Waals surface area (Å²) in [6.45, 7) is 0.443. The number of aliphatic carboxylic acids is 1. The molecule has 7 heteroatoms. The van der Waals surface area contributed by atoms with Crippen molar-refractivity contribution in [2.24, 2.45) is 23.7 Å². The average molecular weight is 438 g/mol. The maximum absolute atomic E-state index is 12.4. The van der Waals surface area contributed by atoms with Gasteiger partial charge in [0, 0.05) is 23.4 Å². The van der Waals surface area contributed by atoms with Crippen molar-refractivity contribution in [3.8, 4) is 0 Å². The van der Waals surface area contributed by atoms with E-state index in [1.54, 1.807) is 30.3 Å². The van der Waals surface area contributed by atoms with Gasteiger partial charge >= 0.3 is 5.97 Å². The first-order valence-electron chi connectivity index (χ1n) is 10.2. The molecule has 0 heterocycles. The number of sulfonamides is 1. The van der Waals surface area contributed by atoms with Crippen molar-refractivity contribution in [1.29, 1.82) is 0 Å². The molecule has 2 saturated carbocycles. The van der Waals surface area contributed by atoms with Gasteiger partial charge in [-0.3, -0.25) is 4.79 Å². The molecule has 4 atom stereocenters. The van der Waals surface area contributed by atoms with Crippen LogP contribution in [-0.4, -0.2) is 26.0 Å². The summed E-state index contributed by atoms with van der Waals surface area (Å²) in [5.74, 6) is 1.11. The summed E-state index contributed by atoms with van der Waals surface area (Å²) < 4.78 is 27.6. The number of carboxylic acids is 1. The van der Waals surface area contributed by atoms with Gasteiger partial charge in [0.25, 0.3) is 0 Å². The molecule has 0 aliphatic heterocycles. The summed E-state index contributed by atoms with van der Waals surface area (Å²) in [4.78, 5) is 10.6. The Morgan fingerprint density at radius 1 is 1.21 bits per heavy atom. The van der Waals surface area contributed by atoms with E-state index in [1.165, 1.54) is 18.2 Å². The second-order valence-electron chi connectivity index (χ2n) is 8.04. The fourth-order valence-corrected chi connectivity index (χ4v) is 5.67. The highest BCUT2D eigenvalue weighted by atomic mass is 35.5. The van der Waals surface area contributed by atoms with E-state index < -0.39 is 16.0 Å². The minimum absolute atomic E-state index is 0.185. The van der Waals surface area contributed by atoms with E-state index in [9.17, 15) is 13.2 Å². The predicted molar refractivity (Wildman–Crippen MR) is 116 cm³/mol. The number of benzene rings is 1. The lowest BCUT2D eigenvalue weighted by atomic mass is 9.79. The van der Waals surface area contributed by atoms with Gasteiger partial charge in [-0.1, -0.05) is 35.9 Å². The highest BCUT2D eigenvalue weighted by molar-refractivity contribution is 7.92. The molecule has 2 N–H and O–H groups in total. The van der Waals surface area contributed by atoms with Gasteiger partial charge in [-0.05, 0) is 79.5 Å². The lowest BCUT2D eigenvalue weighted by molar-refractivity contribution is -0.137. The van der Waals surface area contributed by atoms with Crippen LogP contribution in [0.5, 0.6) is 0 Å². The molecule has 2 aliphatic carbocycles. The van der Waals surface area contributed by atoms with E-state index in [2.05, 4.69) is 16.9 Å². The van der Waals surface area contributed by atoms with Crippen LogP contribution in [0.15, 0.2) is 41.8 Å². The van der Waals surface area contributed by atoms with E-state index in [-0.39, 0.29) is 6.42 Å². The predicted octanol–water partition coefficient (Wildman–Crippen LogP) is 4.70. The van der Waals surface area contributed by atoms with E-state index in [1.807, 2.05) is 0 Å². The highest BCUT2D eigenvalue weighted by Crippen LogP contribution is 2.52. The minimum Gasteiger partial charge on any atom is -0.481 e. The molecule has 3 rings (SSSR count).